The van der Waals surface area contributed by atoms with Crippen molar-refractivity contribution >= 4 is 11.9 Å². The van der Waals surface area contributed by atoms with E-state index in [0.29, 0.717) is 6.42 Å². The van der Waals surface area contributed by atoms with Gasteiger partial charge in [0.15, 0.2) is 0 Å². The normalized spacial score (nSPS) is 12.1. The third kappa shape index (κ3) is 5.22. The Morgan fingerprint density at radius 2 is 1.96 bits per heavy atom. The number of hydrogen-bond donors (Lipinski definition) is 2. The van der Waals surface area contributed by atoms with Gasteiger partial charge in [-0.3, -0.25) is 9.59 Å². The SMILES string of the molecule is CC(C)CC(CNC(=O)Cc1cnn(-c2ccccc2)c1)C(=O)O. The molecule has 0 saturated heterocycles. The summed E-state index contributed by atoms with van der Waals surface area (Å²) in [4.78, 5) is 23.2. The Bertz CT molecular complexity index is 680. The Morgan fingerprint density at radius 3 is 2.58 bits per heavy atom. The van der Waals surface area contributed by atoms with E-state index in [9.17, 15) is 14.7 Å². The summed E-state index contributed by atoms with van der Waals surface area (Å²) >= 11 is 0. The maximum atomic E-state index is 12.0. The molecular weight excluding hydrogens is 306 g/mol. The topological polar surface area (TPSA) is 84.2 Å². The highest BCUT2D eigenvalue weighted by atomic mass is 16.4. The highest BCUT2D eigenvalue weighted by Crippen LogP contribution is 2.11. The molecule has 0 radical (unpaired) electrons. The van der Waals surface area contributed by atoms with Crippen molar-refractivity contribution in [3.63, 3.8) is 0 Å². The van der Waals surface area contributed by atoms with E-state index in [-0.39, 0.29) is 24.8 Å². The van der Waals surface area contributed by atoms with E-state index < -0.39 is 11.9 Å². The molecule has 0 bridgehead atoms. The molecule has 0 fully saturated rings. The third-order valence-electron chi connectivity index (χ3n) is 3.67. The number of carbonyl (C=O) groups is 2. The highest BCUT2D eigenvalue weighted by Gasteiger charge is 2.19. The van der Waals surface area contributed by atoms with Crippen LogP contribution in [0.2, 0.25) is 0 Å². The van der Waals surface area contributed by atoms with Gasteiger partial charge in [-0.2, -0.15) is 5.10 Å². The molecule has 6 heteroatoms. The van der Waals surface area contributed by atoms with Crippen molar-refractivity contribution in [2.24, 2.45) is 11.8 Å². The van der Waals surface area contributed by atoms with Crippen molar-refractivity contribution in [3.05, 3.63) is 48.3 Å². The lowest BCUT2D eigenvalue weighted by molar-refractivity contribution is -0.142. The van der Waals surface area contributed by atoms with Gasteiger partial charge in [0.2, 0.25) is 5.91 Å². The minimum atomic E-state index is -0.874. The number of rotatable bonds is 8. The maximum absolute atomic E-state index is 12.0. The van der Waals surface area contributed by atoms with Crippen LogP contribution in [0, 0.1) is 11.8 Å². The molecule has 2 rings (SSSR count). The molecule has 1 heterocycles. The Kier molecular flexibility index (Phi) is 6.12. The summed E-state index contributed by atoms with van der Waals surface area (Å²) in [6.45, 7) is 4.09. The molecule has 1 atom stereocenters. The fourth-order valence-electron chi connectivity index (χ4n) is 2.50. The van der Waals surface area contributed by atoms with Crippen LogP contribution in [0.1, 0.15) is 25.8 Å². The number of carboxylic acid groups (broad SMARTS) is 1. The molecule has 0 saturated carbocycles. The molecular formula is C18H23N3O3. The van der Waals surface area contributed by atoms with Gasteiger partial charge in [-0.1, -0.05) is 32.0 Å². The molecule has 1 amide bonds. The Hall–Kier alpha value is -2.63. The molecule has 0 aliphatic heterocycles. The van der Waals surface area contributed by atoms with Crippen LogP contribution in [0.4, 0.5) is 0 Å². The summed E-state index contributed by atoms with van der Waals surface area (Å²) in [6.07, 6.45) is 4.18. The standard InChI is InChI=1S/C18H23N3O3/c1-13(2)8-15(18(23)24)11-19-17(22)9-14-10-20-21(12-14)16-6-4-3-5-7-16/h3-7,10,12-13,15H,8-9,11H2,1-2H3,(H,19,22)(H,23,24). The lowest BCUT2D eigenvalue weighted by Crippen LogP contribution is -2.34. The monoisotopic (exact) mass is 329 g/mol. The average molecular weight is 329 g/mol. The third-order valence-corrected chi connectivity index (χ3v) is 3.67. The van der Waals surface area contributed by atoms with Crippen LogP contribution in [-0.2, 0) is 16.0 Å². The molecule has 1 aromatic heterocycles. The highest BCUT2D eigenvalue weighted by molar-refractivity contribution is 5.79. The van der Waals surface area contributed by atoms with Gasteiger partial charge in [0, 0.05) is 12.7 Å². The first-order valence-electron chi connectivity index (χ1n) is 8.04. The zero-order chi connectivity index (χ0) is 17.5. The van der Waals surface area contributed by atoms with Gasteiger partial charge >= 0.3 is 5.97 Å². The van der Waals surface area contributed by atoms with E-state index in [2.05, 4.69) is 10.4 Å². The van der Waals surface area contributed by atoms with Crippen LogP contribution in [0.3, 0.4) is 0 Å². The van der Waals surface area contributed by atoms with E-state index in [4.69, 9.17) is 0 Å². The molecule has 6 nitrogen and oxygen atoms in total. The van der Waals surface area contributed by atoms with E-state index in [0.717, 1.165) is 11.3 Å². The second kappa shape index (κ2) is 8.29. The Labute approximate surface area is 141 Å². The van der Waals surface area contributed by atoms with Gasteiger partial charge in [-0.05, 0) is 30.0 Å². The Balaban J connectivity index is 1.88. The number of nitrogens with one attached hydrogen (secondary N) is 1. The first-order valence-corrected chi connectivity index (χ1v) is 8.04. The van der Waals surface area contributed by atoms with E-state index in [1.165, 1.54) is 0 Å². The largest absolute Gasteiger partial charge is 0.481 e. The maximum Gasteiger partial charge on any atom is 0.308 e. The van der Waals surface area contributed by atoms with Crippen LogP contribution in [-0.4, -0.2) is 33.3 Å². The average Bonchev–Trinajstić information content (AvgIpc) is 3.00. The smallest absolute Gasteiger partial charge is 0.308 e. The number of aromatic nitrogens is 2. The molecule has 2 aromatic rings. The van der Waals surface area contributed by atoms with Crippen molar-refractivity contribution in [2.45, 2.75) is 26.7 Å². The molecule has 0 spiro atoms. The van der Waals surface area contributed by atoms with Gasteiger partial charge < -0.3 is 10.4 Å². The van der Waals surface area contributed by atoms with Crippen molar-refractivity contribution in [3.8, 4) is 5.69 Å². The molecule has 1 unspecified atom stereocenters. The van der Waals surface area contributed by atoms with Gasteiger partial charge in [-0.25, -0.2) is 4.68 Å². The Morgan fingerprint density at radius 1 is 1.25 bits per heavy atom. The first kappa shape index (κ1) is 17.7. The molecule has 0 aliphatic carbocycles. The summed E-state index contributed by atoms with van der Waals surface area (Å²) in [5.41, 5.74) is 1.71. The van der Waals surface area contributed by atoms with Gasteiger partial charge in [0.05, 0.1) is 24.2 Å². The predicted octanol–water partition coefficient (Wildman–Crippen LogP) is 2.28. The number of aliphatic carboxylic acids is 1. The van der Waals surface area contributed by atoms with Gasteiger partial charge in [0.1, 0.15) is 0 Å². The molecule has 128 valence electrons. The molecule has 0 aliphatic rings. The quantitative estimate of drug-likeness (QED) is 0.778. The van der Waals surface area contributed by atoms with Crippen LogP contribution < -0.4 is 5.32 Å². The van der Waals surface area contributed by atoms with Crippen LogP contribution in [0.25, 0.3) is 5.69 Å². The summed E-state index contributed by atoms with van der Waals surface area (Å²) in [5.74, 6) is -1.35. The summed E-state index contributed by atoms with van der Waals surface area (Å²) < 4.78 is 1.71. The van der Waals surface area contributed by atoms with Crippen molar-refractivity contribution in [1.82, 2.24) is 15.1 Å². The predicted molar refractivity (Wildman–Crippen MR) is 90.9 cm³/mol. The summed E-state index contributed by atoms with van der Waals surface area (Å²) in [6, 6.07) is 9.63. The van der Waals surface area contributed by atoms with Crippen molar-refractivity contribution < 1.29 is 14.7 Å². The zero-order valence-corrected chi connectivity index (χ0v) is 14.0. The fourth-order valence-corrected chi connectivity index (χ4v) is 2.50. The van der Waals surface area contributed by atoms with E-state index in [1.54, 1.807) is 17.1 Å². The van der Waals surface area contributed by atoms with Gasteiger partial charge in [0.25, 0.3) is 0 Å². The van der Waals surface area contributed by atoms with Crippen molar-refractivity contribution in [2.75, 3.05) is 6.54 Å². The second-order valence-electron chi connectivity index (χ2n) is 6.27. The number of carboxylic acids is 1. The molecule has 24 heavy (non-hydrogen) atoms. The van der Waals surface area contributed by atoms with Crippen LogP contribution in [0.5, 0.6) is 0 Å². The van der Waals surface area contributed by atoms with Crippen LogP contribution >= 0.6 is 0 Å². The lowest BCUT2D eigenvalue weighted by Gasteiger charge is -2.15. The van der Waals surface area contributed by atoms with Crippen LogP contribution in [0.15, 0.2) is 42.7 Å². The minimum absolute atomic E-state index is 0.152. The number of amides is 1. The first-order chi connectivity index (χ1) is 11.5. The van der Waals surface area contributed by atoms with Crippen molar-refractivity contribution in [1.29, 1.82) is 0 Å². The number of carbonyl (C=O) groups excluding carboxylic acids is 1. The van der Waals surface area contributed by atoms with E-state index >= 15 is 0 Å². The second-order valence-corrected chi connectivity index (χ2v) is 6.27. The number of hydrogen-bond acceptors (Lipinski definition) is 3. The fraction of sp³-hybridized carbons (Fsp3) is 0.389. The zero-order valence-electron chi connectivity index (χ0n) is 14.0. The summed E-state index contributed by atoms with van der Waals surface area (Å²) in [7, 11) is 0. The minimum Gasteiger partial charge on any atom is -0.481 e. The van der Waals surface area contributed by atoms with E-state index in [1.807, 2.05) is 44.2 Å². The lowest BCUT2D eigenvalue weighted by atomic mass is 9.97. The summed E-state index contributed by atoms with van der Waals surface area (Å²) in [5, 5.41) is 16.1. The molecule has 1 aromatic carbocycles. The molecule has 2 N–H and O–H groups in total. The number of benzene rings is 1. The number of nitrogens with zero attached hydrogens (tertiary/aromatic N) is 2. The van der Waals surface area contributed by atoms with Gasteiger partial charge in [-0.15, -0.1) is 0 Å². The number of para-hydroxylation sites is 1.